The highest BCUT2D eigenvalue weighted by Crippen LogP contribution is 2.36. The first-order chi connectivity index (χ1) is 15.5. The monoisotopic (exact) mass is 496 g/mol. The number of ether oxygens (including phenoxy) is 4. The van der Waals surface area contributed by atoms with Gasteiger partial charge in [0.1, 0.15) is 6.10 Å². The van der Waals surface area contributed by atoms with Gasteiger partial charge in [-0.1, -0.05) is 25.9 Å². The number of carbonyl (C=O) groups is 3. The molecule has 0 spiro atoms. The minimum atomic E-state index is -2.95. The molecular weight excluding hydrogens is 463 g/mol. The molecule has 15 heteroatoms. The molecule has 0 saturated carbocycles. The van der Waals surface area contributed by atoms with E-state index in [0.29, 0.717) is 0 Å². The lowest BCUT2D eigenvalue weighted by Gasteiger charge is -2.43. The van der Waals surface area contributed by atoms with E-state index in [1.54, 1.807) is 0 Å². The highest BCUT2D eigenvalue weighted by molar-refractivity contribution is 7.39. The van der Waals surface area contributed by atoms with Crippen molar-refractivity contribution in [3.63, 3.8) is 0 Å². The van der Waals surface area contributed by atoms with E-state index < -0.39 is 57.2 Å². The predicted octanol–water partition coefficient (Wildman–Crippen LogP) is 1.39. The maximum absolute atomic E-state index is 11.5. The van der Waals surface area contributed by atoms with Crippen LogP contribution in [0.4, 0.5) is 0 Å². The molecule has 0 aromatic carbocycles. The summed E-state index contributed by atoms with van der Waals surface area (Å²) >= 11 is 0. The second kappa shape index (κ2) is 16.5. The first-order valence-corrected chi connectivity index (χ1v) is 11.4. The van der Waals surface area contributed by atoms with Gasteiger partial charge < -0.3 is 33.6 Å². The summed E-state index contributed by atoms with van der Waals surface area (Å²) < 4.78 is 25.4. The number of hydrogen-bond donors (Lipinski definition) is 2. The van der Waals surface area contributed by atoms with E-state index in [9.17, 15) is 14.4 Å². The van der Waals surface area contributed by atoms with Gasteiger partial charge in [-0.05, 0) is 25.2 Å². The van der Waals surface area contributed by atoms with E-state index in [1.165, 1.54) is 19.6 Å². The number of esters is 3. The van der Waals surface area contributed by atoms with Crippen molar-refractivity contribution in [2.45, 2.75) is 72.2 Å². The van der Waals surface area contributed by atoms with Gasteiger partial charge in [0.15, 0.2) is 18.3 Å². The average Bonchev–Trinajstić information content (AvgIpc) is 2.71. The highest BCUT2D eigenvalue weighted by atomic mass is 31.2. The summed E-state index contributed by atoms with van der Waals surface area (Å²) in [6.07, 6.45) is -6.96. The van der Waals surface area contributed by atoms with Crippen LogP contribution in [0, 0.1) is 0 Å². The molecule has 1 fully saturated rings. The third-order valence-corrected chi connectivity index (χ3v) is 4.76. The van der Waals surface area contributed by atoms with Crippen molar-refractivity contribution in [2.75, 3.05) is 26.2 Å². The van der Waals surface area contributed by atoms with Gasteiger partial charge in [-0.3, -0.25) is 18.9 Å². The molecule has 0 unspecified atom stereocenters. The van der Waals surface area contributed by atoms with Gasteiger partial charge >= 0.3 is 26.5 Å². The summed E-state index contributed by atoms with van der Waals surface area (Å²) in [6, 6.07) is 0. The SMILES string of the molecule is CC(=O)O[C@H]1[C@@H](OC(C)=O)[C@@H](CN=[N+]=[N-])O[C@H](OP(O)O)[C@@H]1OC(C)=O.CCN(CC)CC. The minimum Gasteiger partial charge on any atom is -0.456 e. The molecule has 0 amide bonds. The van der Waals surface area contributed by atoms with Crippen LogP contribution in [0.15, 0.2) is 5.11 Å². The zero-order valence-corrected chi connectivity index (χ0v) is 20.5. The molecule has 14 nitrogen and oxygen atoms in total. The lowest BCUT2D eigenvalue weighted by atomic mass is 9.98. The average molecular weight is 496 g/mol. The second-order valence-corrected chi connectivity index (χ2v) is 7.37. The van der Waals surface area contributed by atoms with Crippen molar-refractivity contribution in [3.05, 3.63) is 10.4 Å². The second-order valence-electron chi connectivity index (χ2n) is 6.66. The van der Waals surface area contributed by atoms with Crippen LogP contribution in [0.25, 0.3) is 10.4 Å². The Balaban J connectivity index is 0.00000126. The maximum Gasteiger partial charge on any atom is 0.329 e. The minimum absolute atomic E-state index is 0.367. The molecule has 1 saturated heterocycles. The van der Waals surface area contributed by atoms with Crippen molar-refractivity contribution >= 4 is 26.5 Å². The van der Waals surface area contributed by atoms with Crippen LogP contribution < -0.4 is 0 Å². The van der Waals surface area contributed by atoms with E-state index in [2.05, 4.69) is 35.7 Å². The highest BCUT2D eigenvalue weighted by Gasteiger charge is 2.52. The Hall–Kier alpha value is -2.05. The standard InChI is InChI=1S/C12H18N3O10P.C6H15N/c1-5(16)21-9-8(4-14-15-13)24-12(25-26(19)20)11(23-7(3)18)10(9)22-6(2)17;1-4-7(5-2)6-3/h8-12,19-20H,4H2,1-3H3;4-6H2,1-3H3/t8-,9+,10+,11-,12-;/m1./s1. The first-order valence-electron chi connectivity index (χ1n) is 10.2. The summed E-state index contributed by atoms with van der Waals surface area (Å²) in [7, 11) is -2.95. The quantitative estimate of drug-likeness (QED) is 0.111. The molecule has 0 aromatic heterocycles. The van der Waals surface area contributed by atoms with Crippen LogP contribution in [0.1, 0.15) is 41.5 Å². The summed E-state index contributed by atoms with van der Waals surface area (Å²) in [5, 5.41) is 3.31. The Kier molecular flexibility index (Phi) is 15.5. The zero-order valence-electron chi connectivity index (χ0n) is 19.6. The van der Waals surface area contributed by atoms with E-state index in [-0.39, 0.29) is 6.54 Å². The summed E-state index contributed by atoms with van der Waals surface area (Å²) in [5.41, 5.74) is 8.49. The van der Waals surface area contributed by atoms with Crippen molar-refractivity contribution in [2.24, 2.45) is 5.11 Å². The fourth-order valence-corrected chi connectivity index (χ4v) is 3.32. The molecule has 0 aromatic rings. The molecule has 1 rings (SSSR count). The number of carbonyl (C=O) groups excluding carboxylic acids is 3. The Bertz CT molecular complexity index is 667. The Morgan fingerprint density at radius 3 is 1.76 bits per heavy atom. The van der Waals surface area contributed by atoms with Crippen molar-refractivity contribution in [1.29, 1.82) is 0 Å². The van der Waals surface area contributed by atoms with Gasteiger partial charge in [0.25, 0.3) is 0 Å². The van der Waals surface area contributed by atoms with E-state index in [1.807, 2.05) is 0 Å². The van der Waals surface area contributed by atoms with E-state index in [0.717, 1.165) is 20.8 Å². The zero-order chi connectivity index (χ0) is 25.6. The molecule has 2 N–H and O–H groups in total. The molecule has 0 radical (unpaired) electrons. The van der Waals surface area contributed by atoms with Crippen molar-refractivity contribution in [3.8, 4) is 0 Å². The fraction of sp³-hybridized carbons (Fsp3) is 0.833. The summed E-state index contributed by atoms with van der Waals surface area (Å²) in [4.78, 5) is 57.4. The van der Waals surface area contributed by atoms with Gasteiger partial charge in [0.05, 0.1) is 6.54 Å². The van der Waals surface area contributed by atoms with E-state index in [4.69, 9.17) is 38.8 Å². The molecule has 1 aliphatic heterocycles. The topological polar surface area (TPSA) is 190 Å². The predicted molar refractivity (Wildman–Crippen MR) is 115 cm³/mol. The number of azide groups is 1. The smallest absolute Gasteiger partial charge is 0.329 e. The van der Waals surface area contributed by atoms with Crippen LogP contribution >= 0.6 is 8.60 Å². The lowest BCUT2D eigenvalue weighted by Crippen LogP contribution is -2.62. The Labute approximate surface area is 193 Å². The van der Waals surface area contributed by atoms with Crippen LogP contribution in [0.2, 0.25) is 0 Å². The third kappa shape index (κ3) is 12.1. The fourth-order valence-electron chi connectivity index (χ4n) is 2.97. The summed E-state index contributed by atoms with van der Waals surface area (Å²) in [5.74, 6) is -2.39. The number of nitrogens with zero attached hydrogens (tertiary/aromatic N) is 4. The first kappa shape index (κ1) is 30.9. The molecule has 190 valence electrons. The van der Waals surface area contributed by atoms with Gasteiger partial charge in [0.2, 0.25) is 6.29 Å². The third-order valence-electron chi connectivity index (χ3n) is 4.36. The Morgan fingerprint density at radius 1 is 0.939 bits per heavy atom. The number of rotatable bonds is 10. The van der Waals surface area contributed by atoms with Crippen molar-refractivity contribution < 1.29 is 47.6 Å². The van der Waals surface area contributed by atoms with Crippen LogP contribution in [-0.2, 0) is 37.9 Å². The van der Waals surface area contributed by atoms with Gasteiger partial charge in [-0.2, -0.15) is 0 Å². The van der Waals surface area contributed by atoms with Gasteiger partial charge in [0, 0.05) is 25.7 Å². The lowest BCUT2D eigenvalue weighted by molar-refractivity contribution is -0.282. The maximum atomic E-state index is 11.5. The number of hydrogen-bond acceptors (Lipinski definition) is 12. The molecule has 0 bridgehead atoms. The van der Waals surface area contributed by atoms with Crippen LogP contribution in [0.5, 0.6) is 0 Å². The van der Waals surface area contributed by atoms with Crippen LogP contribution in [0.3, 0.4) is 0 Å². The van der Waals surface area contributed by atoms with Gasteiger partial charge in [-0.25, -0.2) is 0 Å². The molecule has 5 atom stereocenters. The molecule has 1 heterocycles. The molecule has 1 aliphatic rings. The normalized spacial score (nSPS) is 24.2. The van der Waals surface area contributed by atoms with Crippen LogP contribution in [-0.4, -0.2) is 89.5 Å². The van der Waals surface area contributed by atoms with E-state index >= 15 is 0 Å². The molecular formula is C18H33N4O10P. The summed E-state index contributed by atoms with van der Waals surface area (Å²) in [6.45, 7) is 13.0. The molecule has 33 heavy (non-hydrogen) atoms. The molecule has 0 aliphatic carbocycles. The largest absolute Gasteiger partial charge is 0.456 e. The van der Waals surface area contributed by atoms with Gasteiger partial charge in [-0.15, -0.1) is 0 Å². The Morgan fingerprint density at radius 2 is 1.39 bits per heavy atom. The van der Waals surface area contributed by atoms with Crippen molar-refractivity contribution in [1.82, 2.24) is 4.90 Å².